The molecule has 1 heterocycles. The first-order chi connectivity index (χ1) is 12.6. The summed E-state index contributed by atoms with van der Waals surface area (Å²) >= 11 is 0. The lowest BCUT2D eigenvalue weighted by Gasteiger charge is -2.13. The minimum atomic E-state index is -0.114. The number of hydrogen-bond acceptors (Lipinski definition) is 4. The van der Waals surface area contributed by atoms with Gasteiger partial charge in [0.2, 0.25) is 5.75 Å². The number of carbonyl (C=O) groups excluding carboxylic acids is 1. The zero-order chi connectivity index (χ0) is 18.7. The van der Waals surface area contributed by atoms with Gasteiger partial charge >= 0.3 is 0 Å². The van der Waals surface area contributed by atoms with Crippen LogP contribution in [0.25, 0.3) is 5.69 Å². The number of para-hydroxylation sites is 1. The minimum Gasteiger partial charge on any atom is -0.493 e. The average Bonchev–Trinajstić information content (AvgIpc) is 3.16. The van der Waals surface area contributed by atoms with Crippen molar-refractivity contribution in [3.63, 3.8) is 0 Å². The number of rotatable bonds is 6. The molecule has 5 nitrogen and oxygen atoms in total. The Balaban J connectivity index is 1.99. The summed E-state index contributed by atoms with van der Waals surface area (Å²) in [6, 6.07) is 13.1. The number of ether oxygens (including phenoxy) is 3. The fraction of sp³-hybridized carbons (Fsp3) is 0.190. The molecule has 2 aromatic carbocycles. The summed E-state index contributed by atoms with van der Waals surface area (Å²) in [4.78, 5) is 12.9. The van der Waals surface area contributed by atoms with Gasteiger partial charge in [-0.25, -0.2) is 0 Å². The first-order valence-corrected chi connectivity index (χ1v) is 8.17. The van der Waals surface area contributed by atoms with Gasteiger partial charge in [0.25, 0.3) is 0 Å². The van der Waals surface area contributed by atoms with Crippen LogP contribution in [-0.2, 0) is 0 Å². The van der Waals surface area contributed by atoms with E-state index >= 15 is 0 Å². The topological polar surface area (TPSA) is 49.7 Å². The highest BCUT2D eigenvalue weighted by Gasteiger charge is 2.19. The number of methoxy groups -OCH3 is 3. The highest BCUT2D eigenvalue weighted by atomic mass is 16.5. The van der Waals surface area contributed by atoms with Gasteiger partial charge in [-0.15, -0.1) is 0 Å². The molecule has 3 aromatic rings. The van der Waals surface area contributed by atoms with E-state index in [0.717, 1.165) is 11.3 Å². The number of nitrogens with zero attached hydrogens (tertiary/aromatic N) is 1. The molecule has 0 spiro atoms. The van der Waals surface area contributed by atoms with E-state index in [1.807, 2.05) is 48.1 Å². The average molecular weight is 351 g/mol. The monoisotopic (exact) mass is 351 g/mol. The molecule has 0 atom stereocenters. The predicted molar refractivity (Wildman–Crippen MR) is 100 cm³/mol. The van der Waals surface area contributed by atoms with E-state index < -0.39 is 0 Å². The number of hydrogen-bond donors (Lipinski definition) is 0. The molecule has 0 aliphatic heterocycles. The second kappa shape index (κ2) is 7.35. The van der Waals surface area contributed by atoms with Crippen molar-refractivity contribution in [1.29, 1.82) is 0 Å². The normalized spacial score (nSPS) is 10.5. The fourth-order valence-corrected chi connectivity index (χ4v) is 2.91. The number of aryl methyl sites for hydroxylation is 1. The molecular weight excluding hydrogens is 330 g/mol. The molecule has 0 unspecified atom stereocenters. The zero-order valence-electron chi connectivity index (χ0n) is 15.3. The van der Waals surface area contributed by atoms with Crippen LogP contribution >= 0.6 is 0 Å². The lowest BCUT2D eigenvalue weighted by Crippen LogP contribution is -2.03. The molecule has 26 heavy (non-hydrogen) atoms. The standard InChI is InChI=1S/C21H21NO4/c1-14-7-5-6-8-17(14)22-10-9-15(13-22)20(23)16-11-18(24-2)21(26-4)19(12-16)25-3/h5-13H,1-4H3. The molecular formula is C21H21NO4. The summed E-state index contributed by atoms with van der Waals surface area (Å²) in [5.74, 6) is 1.25. The molecule has 0 N–H and O–H groups in total. The third-order valence-electron chi connectivity index (χ3n) is 4.28. The Labute approximate surface area is 152 Å². The Morgan fingerprint density at radius 1 is 0.885 bits per heavy atom. The van der Waals surface area contributed by atoms with Gasteiger partial charge in [-0.05, 0) is 36.8 Å². The Kier molecular flexibility index (Phi) is 4.98. The molecule has 3 rings (SSSR count). The maximum Gasteiger partial charge on any atom is 0.203 e. The zero-order valence-corrected chi connectivity index (χ0v) is 15.3. The van der Waals surface area contributed by atoms with Gasteiger partial charge in [-0.3, -0.25) is 4.79 Å². The molecule has 134 valence electrons. The number of ketones is 1. The molecule has 0 radical (unpaired) electrons. The van der Waals surface area contributed by atoms with Gasteiger partial charge in [0.1, 0.15) is 0 Å². The Bertz CT molecular complexity index is 918. The number of benzene rings is 2. The van der Waals surface area contributed by atoms with Crippen molar-refractivity contribution in [1.82, 2.24) is 4.57 Å². The van der Waals surface area contributed by atoms with Crippen LogP contribution in [0.2, 0.25) is 0 Å². The summed E-state index contributed by atoms with van der Waals surface area (Å²) in [6.07, 6.45) is 3.71. The van der Waals surface area contributed by atoms with Gasteiger partial charge in [0, 0.05) is 29.2 Å². The van der Waals surface area contributed by atoms with Gasteiger partial charge in [0.15, 0.2) is 17.3 Å². The third-order valence-corrected chi connectivity index (χ3v) is 4.28. The van der Waals surface area contributed by atoms with E-state index in [2.05, 4.69) is 0 Å². The largest absolute Gasteiger partial charge is 0.493 e. The minimum absolute atomic E-state index is 0.114. The molecule has 0 saturated heterocycles. The van der Waals surface area contributed by atoms with Crippen LogP contribution in [-0.4, -0.2) is 31.7 Å². The van der Waals surface area contributed by atoms with E-state index in [4.69, 9.17) is 14.2 Å². The van der Waals surface area contributed by atoms with Crippen molar-refractivity contribution < 1.29 is 19.0 Å². The molecule has 1 aromatic heterocycles. The van der Waals surface area contributed by atoms with Crippen LogP contribution in [0.5, 0.6) is 17.2 Å². The number of aromatic nitrogens is 1. The van der Waals surface area contributed by atoms with Crippen LogP contribution in [0.15, 0.2) is 54.9 Å². The highest BCUT2D eigenvalue weighted by Crippen LogP contribution is 2.38. The van der Waals surface area contributed by atoms with Crippen molar-refractivity contribution in [3.8, 4) is 22.9 Å². The SMILES string of the molecule is COc1cc(C(=O)c2ccn(-c3ccccc3C)c2)cc(OC)c1OC. The number of carbonyl (C=O) groups is 1. The smallest absolute Gasteiger partial charge is 0.203 e. The Morgan fingerprint density at radius 2 is 1.54 bits per heavy atom. The van der Waals surface area contributed by atoms with Gasteiger partial charge in [0.05, 0.1) is 21.3 Å². The summed E-state index contributed by atoms with van der Waals surface area (Å²) in [5, 5.41) is 0. The van der Waals surface area contributed by atoms with Crippen LogP contribution in [0.3, 0.4) is 0 Å². The van der Waals surface area contributed by atoms with E-state index in [0.29, 0.717) is 28.4 Å². The maximum absolute atomic E-state index is 12.9. The molecule has 0 aliphatic carbocycles. The van der Waals surface area contributed by atoms with Crippen molar-refractivity contribution >= 4 is 5.78 Å². The first kappa shape index (κ1) is 17.6. The second-order valence-electron chi connectivity index (χ2n) is 5.84. The highest BCUT2D eigenvalue weighted by molar-refractivity contribution is 6.09. The quantitative estimate of drug-likeness (QED) is 0.629. The second-order valence-corrected chi connectivity index (χ2v) is 5.84. The van der Waals surface area contributed by atoms with Gasteiger partial charge in [-0.1, -0.05) is 18.2 Å². The first-order valence-electron chi connectivity index (χ1n) is 8.17. The summed E-state index contributed by atoms with van der Waals surface area (Å²) < 4.78 is 17.9. The van der Waals surface area contributed by atoms with Crippen molar-refractivity contribution in [2.45, 2.75) is 6.92 Å². The molecule has 0 aliphatic rings. The van der Waals surface area contributed by atoms with E-state index in [1.165, 1.54) is 21.3 Å². The van der Waals surface area contributed by atoms with Gasteiger partial charge < -0.3 is 18.8 Å². The molecule has 0 saturated carbocycles. The Morgan fingerprint density at radius 3 is 2.12 bits per heavy atom. The van der Waals surface area contributed by atoms with Crippen LogP contribution in [0.4, 0.5) is 0 Å². The predicted octanol–water partition coefficient (Wildman–Crippen LogP) is 4.04. The maximum atomic E-state index is 12.9. The third kappa shape index (κ3) is 3.16. The molecule has 0 amide bonds. The van der Waals surface area contributed by atoms with Crippen LogP contribution in [0.1, 0.15) is 21.5 Å². The van der Waals surface area contributed by atoms with Crippen molar-refractivity contribution in [2.24, 2.45) is 0 Å². The van der Waals surface area contributed by atoms with Crippen molar-refractivity contribution in [3.05, 3.63) is 71.5 Å². The van der Waals surface area contributed by atoms with Crippen molar-refractivity contribution in [2.75, 3.05) is 21.3 Å². The lowest BCUT2D eigenvalue weighted by atomic mass is 10.0. The lowest BCUT2D eigenvalue weighted by molar-refractivity contribution is 0.103. The molecule has 5 heteroatoms. The summed E-state index contributed by atoms with van der Waals surface area (Å²) in [5.41, 5.74) is 3.23. The van der Waals surface area contributed by atoms with Crippen LogP contribution in [0, 0.1) is 6.92 Å². The Hall–Kier alpha value is -3.21. The molecule has 0 bridgehead atoms. The van der Waals surface area contributed by atoms with Gasteiger partial charge in [-0.2, -0.15) is 0 Å². The van der Waals surface area contributed by atoms with Crippen LogP contribution < -0.4 is 14.2 Å². The summed E-state index contributed by atoms with van der Waals surface area (Å²) in [6.45, 7) is 2.04. The van der Waals surface area contributed by atoms with E-state index in [9.17, 15) is 4.79 Å². The molecule has 0 fully saturated rings. The van der Waals surface area contributed by atoms with E-state index in [1.54, 1.807) is 18.2 Å². The van der Waals surface area contributed by atoms with E-state index in [-0.39, 0.29) is 5.78 Å². The fourth-order valence-electron chi connectivity index (χ4n) is 2.91. The summed E-state index contributed by atoms with van der Waals surface area (Å²) in [7, 11) is 4.59.